The molecular formula is C37H34N2O9S2. The number of hydrogen-bond donors (Lipinski definition) is 4. The van der Waals surface area contributed by atoms with Crippen molar-refractivity contribution in [3.05, 3.63) is 48.3 Å². The van der Waals surface area contributed by atoms with Crippen LogP contribution in [0.3, 0.4) is 0 Å². The molecule has 0 fully saturated rings. The summed E-state index contributed by atoms with van der Waals surface area (Å²) in [6.45, 7) is 4.91. The van der Waals surface area contributed by atoms with Crippen molar-refractivity contribution in [1.82, 2.24) is 0 Å². The number of Topliss-reactive ketones (excluding diaryl/α,β-unsaturated/α-hetero) is 1. The summed E-state index contributed by atoms with van der Waals surface area (Å²) in [5.74, 6) is 0.296. The van der Waals surface area contributed by atoms with Crippen molar-refractivity contribution in [2.24, 2.45) is 0 Å². The lowest BCUT2D eigenvalue weighted by molar-refractivity contribution is -0.143. The maximum absolute atomic E-state index is 14.9. The normalized spacial score (nSPS) is 16.8. The number of thioether (sulfide) groups is 2. The molecule has 0 saturated carbocycles. The molecular weight excluding hydrogens is 681 g/mol. The summed E-state index contributed by atoms with van der Waals surface area (Å²) in [5.41, 5.74) is 2.98. The van der Waals surface area contributed by atoms with E-state index in [1.54, 1.807) is 13.8 Å². The molecule has 0 radical (unpaired) electrons. The zero-order valence-corrected chi connectivity index (χ0v) is 29.7. The Hall–Kier alpha value is -4.30. The Morgan fingerprint density at radius 3 is 2.08 bits per heavy atom. The Bertz CT molecular complexity index is 2510. The predicted molar refractivity (Wildman–Crippen MR) is 197 cm³/mol. The van der Waals surface area contributed by atoms with Gasteiger partial charge in [0.1, 0.15) is 6.04 Å². The van der Waals surface area contributed by atoms with Crippen LogP contribution in [0.2, 0.25) is 0 Å². The molecule has 258 valence electrons. The maximum atomic E-state index is 14.9. The third-order valence-corrected chi connectivity index (χ3v) is 12.5. The average Bonchev–Trinajstić information content (AvgIpc) is 3.24. The molecule has 11 nitrogen and oxygen atoms in total. The number of benzene rings is 5. The van der Waals surface area contributed by atoms with Gasteiger partial charge in [0.25, 0.3) is 0 Å². The summed E-state index contributed by atoms with van der Waals surface area (Å²) in [6.07, 6.45) is 0.159. The molecule has 1 atom stereocenters. The highest BCUT2D eigenvalue weighted by atomic mass is 32.2. The quantitative estimate of drug-likeness (QED) is 0.104. The van der Waals surface area contributed by atoms with Crippen molar-refractivity contribution in [3.63, 3.8) is 0 Å². The van der Waals surface area contributed by atoms with Crippen LogP contribution in [0.1, 0.15) is 43.0 Å². The fourth-order valence-electron chi connectivity index (χ4n) is 8.44. The lowest BCUT2D eigenvalue weighted by Crippen LogP contribution is -2.36. The molecule has 2 heterocycles. The molecule has 0 bridgehead atoms. The number of ether oxygens (including phenoxy) is 3. The predicted octanol–water partition coefficient (Wildman–Crippen LogP) is 4.78. The molecule has 0 aromatic heterocycles. The van der Waals surface area contributed by atoms with Crippen molar-refractivity contribution < 1.29 is 34.0 Å². The highest BCUT2D eigenvalue weighted by molar-refractivity contribution is 8.00. The molecule has 2 aliphatic heterocycles. The van der Waals surface area contributed by atoms with E-state index >= 15 is 0 Å². The Balaban J connectivity index is 1.77. The Labute approximate surface area is 294 Å². The van der Waals surface area contributed by atoms with E-state index in [1.807, 2.05) is 0 Å². The molecule has 50 heavy (non-hydrogen) atoms. The lowest BCUT2D eigenvalue weighted by atomic mass is 9.80. The van der Waals surface area contributed by atoms with E-state index in [0.717, 1.165) is 0 Å². The van der Waals surface area contributed by atoms with Gasteiger partial charge in [0.05, 0.1) is 56.2 Å². The van der Waals surface area contributed by atoms with Crippen molar-refractivity contribution in [2.75, 3.05) is 49.5 Å². The number of allylic oxidation sites excluding steroid dienone is 2. The summed E-state index contributed by atoms with van der Waals surface area (Å²) in [4.78, 5) is 57.6. The van der Waals surface area contributed by atoms with Gasteiger partial charge in [0.15, 0.2) is 17.3 Å². The van der Waals surface area contributed by atoms with Gasteiger partial charge in [-0.2, -0.15) is 0 Å². The molecule has 13 heteroatoms. The van der Waals surface area contributed by atoms with Crippen LogP contribution < -0.4 is 31.0 Å². The van der Waals surface area contributed by atoms with Gasteiger partial charge in [-0.15, -0.1) is 23.5 Å². The van der Waals surface area contributed by atoms with Gasteiger partial charge in [0.2, 0.25) is 10.9 Å². The summed E-state index contributed by atoms with van der Waals surface area (Å²) < 4.78 is 17.2. The van der Waals surface area contributed by atoms with Crippen LogP contribution in [0.5, 0.6) is 11.5 Å². The third kappa shape index (κ3) is 4.14. The van der Waals surface area contributed by atoms with E-state index in [9.17, 15) is 29.4 Å². The zero-order valence-electron chi connectivity index (χ0n) is 28.1. The van der Waals surface area contributed by atoms with Crippen LogP contribution in [0.25, 0.3) is 48.7 Å². The number of esters is 1. The topological polar surface area (TPSA) is 160 Å². The van der Waals surface area contributed by atoms with Crippen LogP contribution >= 0.6 is 23.5 Å². The van der Waals surface area contributed by atoms with Gasteiger partial charge in [-0.05, 0) is 43.4 Å². The van der Waals surface area contributed by atoms with Crippen LogP contribution in [0.15, 0.2) is 25.0 Å². The first kappa shape index (κ1) is 32.9. The highest BCUT2D eigenvalue weighted by Crippen LogP contribution is 2.57. The molecule has 0 spiro atoms. The first-order valence-electron chi connectivity index (χ1n) is 16.4. The van der Waals surface area contributed by atoms with Crippen LogP contribution in [0, 0.1) is 0 Å². The summed E-state index contributed by atoms with van der Waals surface area (Å²) in [7, 11) is 2.84. The first-order valence-corrected chi connectivity index (χ1v) is 18.3. The number of carbonyl (C=O) groups is 2. The number of fused-ring (bicyclic) bond motifs is 5. The smallest absolute Gasteiger partial charge is 0.329 e. The standard InChI is InChI=1S/C37H34N2O9S2/c1-6-48-37(45)18-12-50-36-17(11-41)21-22-16(10-40)35-29(38-7-8-49-35)27-25(22)24-20-15(33(46-4)31(43)28(23(20)21)30(36)39-18)9-13(2)19(14(3)42)26(24)34(47-5)32(27)44/h18,38-41H,6-12H2,1-5H3. The number of aliphatic hydroxyl groups excluding tert-OH is 2. The number of hydrogen-bond acceptors (Lipinski definition) is 13. The minimum atomic E-state index is -0.773. The number of anilines is 2. The van der Waals surface area contributed by atoms with Crippen LogP contribution in [-0.2, 0) is 34.0 Å². The van der Waals surface area contributed by atoms with E-state index in [4.69, 9.17) is 14.2 Å². The van der Waals surface area contributed by atoms with Gasteiger partial charge >= 0.3 is 5.97 Å². The average molecular weight is 715 g/mol. The van der Waals surface area contributed by atoms with E-state index in [2.05, 4.69) is 10.6 Å². The van der Waals surface area contributed by atoms with Crippen molar-refractivity contribution in [3.8, 4) is 11.5 Å². The van der Waals surface area contributed by atoms with E-state index in [-0.39, 0.29) is 41.4 Å². The molecule has 0 saturated heterocycles. The molecule has 8 rings (SSSR count). The van der Waals surface area contributed by atoms with E-state index < -0.39 is 36.1 Å². The molecule has 4 N–H and O–H groups in total. The summed E-state index contributed by atoms with van der Waals surface area (Å²) in [5, 5.41) is 32.9. The van der Waals surface area contributed by atoms with Gasteiger partial charge < -0.3 is 35.1 Å². The monoisotopic (exact) mass is 714 g/mol. The van der Waals surface area contributed by atoms with Gasteiger partial charge in [-0.25, -0.2) is 4.79 Å². The molecule has 1 aliphatic carbocycles. The third-order valence-electron chi connectivity index (χ3n) is 10.2. The summed E-state index contributed by atoms with van der Waals surface area (Å²) in [6, 6.07) is -0.773. The number of ketones is 1. The van der Waals surface area contributed by atoms with E-state index in [1.165, 1.54) is 44.7 Å². The van der Waals surface area contributed by atoms with E-state index in [0.29, 0.717) is 105 Å². The lowest BCUT2D eigenvalue weighted by Gasteiger charge is -2.32. The minimum Gasteiger partial charge on any atom is -0.492 e. The van der Waals surface area contributed by atoms with Crippen molar-refractivity contribution in [2.45, 2.75) is 56.2 Å². The Morgan fingerprint density at radius 1 is 0.840 bits per heavy atom. The largest absolute Gasteiger partial charge is 0.492 e. The second kappa shape index (κ2) is 11.9. The number of rotatable bonds is 7. The molecule has 5 aromatic carbocycles. The second-order valence-electron chi connectivity index (χ2n) is 12.7. The number of carbonyl (C=O) groups excluding carboxylic acids is 2. The SMILES string of the molecule is CCOC(=O)C1CSc2c(c3c(=O)c(OC)c4c5c6c(c(OC)c(=O)c7c8c(c(CO)c(c(c2CO)c35)c76)SCCN8)C(C(C)=O)=C(C)C4)N1. The number of nitrogens with one attached hydrogen (secondary N) is 2. The number of aliphatic hydroxyl groups is 2. The Morgan fingerprint density at radius 2 is 1.46 bits per heavy atom. The minimum absolute atomic E-state index is 0.00494. The van der Waals surface area contributed by atoms with Crippen LogP contribution in [0.4, 0.5) is 11.4 Å². The summed E-state index contributed by atoms with van der Waals surface area (Å²) >= 11 is 2.85. The fourth-order valence-corrected chi connectivity index (χ4v) is 10.7. The number of methoxy groups -OCH3 is 2. The Kier molecular flexibility index (Phi) is 7.82. The van der Waals surface area contributed by atoms with Gasteiger partial charge in [0, 0.05) is 71.8 Å². The first-order chi connectivity index (χ1) is 24.1. The van der Waals surface area contributed by atoms with Gasteiger partial charge in [-0.1, -0.05) is 5.57 Å². The molecule has 5 aromatic rings. The highest BCUT2D eigenvalue weighted by Gasteiger charge is 2.39. The van der Waals surface area contributed by atoms with Crippen LogP contribution in [-0.4, -0.2) is 66.9 Å². The fraction of sp³-hybridized carbons (Fsp3) is 0.351. The maximum Gasteiger partial charge on any atom is 0.329 e. The van der Waals surface area contributed by atoms with Crippen molar-refractivity contribution in [1.29, 1.82) is 0 Å². The molecule has 0 amide bonds. The van der Waals surface area contributed by atoms with Gasteiger partial charge in [-0.3, -0.25) is 14.4 Å². The van der Waals surface area contributed by atoms with Crippen molar-refractivity contribution >= 4 is 95.3 Å². The second-order valence-corrected chi connectivity index (χ2v) is 14.8. The molecule has 1 unspecified atom stereocenters. The molecule has 3 aliphatic rings. The zero-order chi connectivity index (χ0) is 35.3.